The molecule has 0 aliphatic heterocycles. The van der Waals surface area contributed by atoms with Crippen LogP contribution in [0.15, 0.2) is 24.3 Å². The molecule has 0 radical (unpaired) electrons. The fraction of sp³-hybridized carbons (Fsp3) is 0.500. The van der Waals surface area contributed by atoms with Gasteiger partial charge in [0, 0.05) is 20.2 Å². The maximum atomic E-state index is 11.0. The van der Waals surface area contributed by atoms with Gasteiger partial charge >= 0.3 is 5.97 Å². The van der Waals surface area contributed by atoms with Gasteiger partial charge in [-0.05, 0) is 19.2 Å². The van der Waals surface area contributed by atoms with E-state index in [9.17, 15) is 9.90 Å². The van der Waals surface area contributed by atoms with Crippen molar-refractivity contribution in [1.82, 2.24) is 4.90 Å². The number of carboxylic acids is 1. The Morgan fingerprint density at radius 2 is 2.10 bits per heavy atom. The van der Waals surface area contributed by atoms with E-state index in [0.717, 1.165) is 0 Å². The number of aromatic carboxylic acids is 1. The summed E-state index contributed by atoms with van der Waals surface area (Å²) in [7, 11) is 3.39. The van der Waals surface area contributed by atoms with E-state index in [0.29, 0.717) is 25.4 Å². The Kier molecular flexibility index (Phi) is 7.00. The van der Waals surface area contributed by atoms with Crippen molar-refractivity contribution in [1.29, 1.82) is 0 Å². The zero-order chi connectivity index (χ0) is 15.0. The third-order valence-electron chi connectivity index (χ3n) is 2.73. The molecule has 1 atom stereocenters. The minimum Gasteiger partial charge on any atom is -0.491 e. The number of hydrogen-bond donors (Lipinski definition) is 2. The van der Waals surface area contributed by atoms with Crippen molar-refractivity contribution in [3.05, 3.63) is 29.8 Å². The van der Waals surface area contributed by atoms with Crippen molar-refractivity contribution in [2.75, 3.05) is 40.5 Å². The van der Waals surface area contributed by atoms with Crippen molar-refractivity contribution in [3.63, 3.8) is 0 Å². The SMILES string of the molecule is COCC(O)CN(C)CCOc1ccccc1C(=O)O. The quantitative estimate of drug-likeness (QED) is 0.694. The van der Waals surface area contributed by atoms with Crippen LogP contribution in [0.3, 0.4) is 0 Å². The van der Waals surface area contributed by atoms with Crippen LogP contribution < -0.4 is 4.74 Å². The molecule has 0 amide bonds. The molecule has 0 fully saturated rings. The number of aliphatic hydroxyl groups excluding tert-OH is 1. The predicted octanol–water partition coefficient (Wildman–Crippen LogP) is 0.703. The Labute approximate surface area is 118 Å². The molecule has 6 nitrogen and oxygen atoms in total. The summed E-state index contributed by atoms with van der Waals surface area (Å²) < 4.78 is 10.3. The molecule has 1 unspecified atom stereocenters. The highest BCUT2D eigenvalue weighted by atomic mass is 16.5. The van der Waals surface area contributed by atoms with Crippen LogP contribution in [0.4, 0.5) is 0 Å². The number of benzene rings is 1. The first kappa shape index (κ1) is 16.4. The molecule has 1 aromatic carbocycles. The standard InChI is InChI=1S/C14H21NO5/c1-15(9-11(16)10-19-2)7-8-20-13-6-4-3-5-12(13)14(17)18/h3-6,11,16H,7-10H2,1-2H3,(H,17,18). The Morgan fingerprint density at radius 1 is 1.40 bits per heavy atom. The van der Waals surface area contributed by atoms with E-state index < -0.39 is 12.1 Å². The van der Waals surface area contributed by atoms with Gasteiger partial charge in [-0.3, -0.25) is 0 Å². The van der Waals surface area contributed by atoms with Crippen LogP contribution in [0, 0.1) is 0 Å². The first-order valence-corrected chi connectivity index (χ1v) is 6.35. The second kappa shape index (κ2) is 8.52. The van der Waals surface area contributed by atoms with Crippen molar-refractivity contribution in [2.45, 2.75) is 6.10 Å². The number of para-hydroxylation sites is 1. The molecule has 0 saturated heterocycles. The van der Waals surface area contributed by atoms with Crippen molar-refractivity contribution in [2.24, 2.45) is 0 Å². The zero-order valence-electron chi connectivity index (χ0n) is 11.8. The highest BCUT2D eigenvalue weighted by molar-refractivity contribution is 5.90. The van der Waals surface area contributed by atoms with Crippen LogP contribution in [0.5, 0.6) is 5.75 Å². The second-order valence-electron chi connectivity index (χ2n) is 4.52. The molecule has 0 heterocycles. The first-order chi connectivity index (χ1) is 9.54. The van der Waals surface area contributed by atoms with Gasteiger partial charge in [0.2, 0.25) is 0 Å². The summed E-state index contributed by atoms with van der Waals surface area (Å²) in [4.78, 5) is 12.9. The molecule has 112 valence electrons. The highest BCUT2D eigenvalue weighted by Gasteiger charge is 2.11. The van der Waals surface area contributed by atoms with Gasteiger partial charge in [-0.15, -0.1) is 0 Å². The van der Waals surface area contributed by atoms with E-state index in [1.54, 1.807) is 18.2 Å². The summed E-state index contributed by atoms with van der Waals surface area (Å²) in [6.07, 6.45) is -0.545. The van der Waals surface area contributed by atoms with E-state index >= 15 is 0 Å². The minimum absolute atomic E-state index is 0.148. The van der Waals surface area contributed by atoms with Crippen LogP contribution in [0.2, 0.25) is 0 Å². The maximum absolute atomic E-state index is 11.0. The van der Waals surface area contributed by atoms with Crippen molar-refractivity contribution >= 4 is 5.97 Å². The van der Waals surface area contributed by atoms with Gasteiger partial charge in [0.1, 0.15) is 17.9 Å². The molecular weight excluding hydrogens is 262 g/mol. The lowest BCUT2D eigenvalue weighted by Gasteiger charge is -2.20. The zero-order valence-corrected chi connectivity index (χ0v) is 11.8. The lowest BCUT2D eigenvalue weighted by Crippen LogP contribution is -2.34. The Hall–Kier alpha value is -1.63. The fourth-order valence-electron chi connectivity index (χ4n) is 1.78. The van der Waals surface area contributed by atoms with Gasteiger partial charge < -0.3 is 24.6 Å². The monoisotopic (exact) mass is 283 g/mol. The lowest BCUT2D eigenvalue weighted by molar-refractivity contribution is 0.0409. The number of hydrogen-bond acceptors (Lipinski definition) is 5. The van der Waals surface area contributed by atoms with Gasteiger partial charge in [-0.2, -0.15) is 0 Å². The molecule has 0 bridgehead atoms. The van der Waals surface area contributed by atoms with Crippen LogP contribution in [-0.4, -0.2) is 67.6 Å². The molecule has 0 saturated carbocycles. The summed E-state index contributed by atoms with van der Waals surface area (Å²) in [5.41, 5.74) is 0.148. The molecule has 1 rings (SSSR count). The van der Waals surface area contributed by atoms with E-state index in [-0.39, 0.29) is 12.2 Å². The molecule has 0 spiro atoms. The molecule has 6 heteroatoms. The predicted molar refractivity (Wildman–Crippen MR) is 74.3 cm³/mol. The molecule has 2 N–H and O–H groups in total. The van der Waals surface area contributed by atoms with Crippen LogP contribution in [0.1, 0.15) is 10.4 Å². The van der Waals surface area contributed by atoms with Crippen LogP contribution >= 0.6 is 0 Å². The summed E-state index contributed by atoms with van der Waals surface area (Å²) in [6, 6.07) is 6.52. The molecule has 0 aliphatic rings. The smallest absolute Gasteiger partial charge is 0.339 e. The van der Waals surface area contributed by atoms with E-state index in [2.05, 4.69) is 0 Å². The number of carboxylic acid groups (broad SMARTS) is 1. The molecule has 0 aliphatic carbocycles. The molecule has 1 aromatic rings. The molecule has 20 heavy (non-hydrogen) atoms. The van der Waals surface area contributed by atoms with E-state index in [4.69, 9.17) is 14.6 Å². The highest BCUT2D eigenvalue weighted by Crippen LogP contribution is 2.17. The minimum atomic E-state index is -1.01. The number of carbonyl (C=O) groups is 1. The Morgan fingerprint density at radius 3 is 2.75 bits per heavy atom. The Bertz CT molecular complexity index is 424. The number of nitrogens with zero attached hydrogens (tertiary/aromatic N) is 1. The number of methoxy groups -OCH3 is 1. The normalized spacial score (nSPS) is 12.4. The lowest BCUT2D eigenvalue weighted by atomic mass is 10.2. The summed E-state index contributed by atoms with van der Waals surface area (Å²) in [5, 5.41) is 18.6. The number of likely N-dealkylation sites (N-methyl/N-ethyl adjacent to an activating group) is 1. The van der Waals surface area contributed by atoms with Crippen LogP contribution in [0.25, 0.3) is 0 Å². The van der Waals surface area contributed by atoms with Crippen molar-refractivity contribution < 1.29 is 24.5 Å². The number of rotatable bonds is 9. The summed E-state index contributed by atoms with van der Waals surface area (Å²) in [5.74, 6) is -0.657. The van der Waals surface area contributed by atoms with Crippen LogP contribution in [-0.2, 0) is 4.74 Å². The van der Waals surface area contributed by atoms with E-state index in [1.165, 1.54) is 13.2 Å². The number of ether oxygens (including phenoxy) is 2. The summed E-state index contributed by atoms with van der Waals surface area (Å²) >= 11 is 0. The second-order valence-corrected chi connectivity index (χ2v) is 4.52. The molecular formula is C14H21NO5. The van der Waals surface area contributed by atoms with Gasteiger partial charge in [0.05, 0.1) is 12.7 Å². The Balaban J connectivity index is 2.39. The van der Waals surface area contributed by atoms with Crippen molar-refractivity contribution in [3.8, 4) is 5.75 Å². The summed E-state index contributed by atoms with van der Waals surface area (Å²) in [6.45, 7) is 1.68. The van der Waals surface area contributed by atoms with Gasteiger partial charge in [-0.1, -0.05) is 12.1 Å². The van der Waals surface area contributed by atoms with Gasteiger partial charge in [0.15, 0.2) is 0 Å². The maximum Gasteiger partial charge on any atom is 0.339 e. The average Bonchev–Trinajstić information content (AvgIpc) is 2.39. The van der Waals surface area contributed by atoms with Gasteiger partial charge in [0.25, 0.3) is 0 Å². The topological polar surface area (TPSA) is 79.2 Å². The number of aliphatic hydroxyl groups is 1. The average molecular weight is 283 g/mol. The fourth-order valence-corrected chi connectivity index (χ4v) is 1.78. The largest absolute Gasteiger partial charge is 0.491 e. The molecule has 0 aromatic heterocycles. The third kappa shape index (κ3) is 5.56. The van der Waals surface area contributed by atoms with Gasteiger partial charge in [-0.25, -0.2) is 4.79 Å². The van der Waals surface area contributed by atoms with E-state index in [1.807, 2.05) is 11.9 Å². The third-order valence-corrected chi connectivity index (χ3v) is 2.73. The first-order valence-electron chi connectivity index (χ1n) is 6.35.